The Balaban J connectivity index is 1.35. The van der Waals surface area contributed by atoms with Gasteiger partial charge in [-0.2, -0.15) is 0 Å². The van der Waals surface area contributed by atoms with Crippen LogP contribution >= 0.6 is 50.9 Å². The highest BCUT2D eigenvalue weighted by Gasteiger charge is 2.33. The van der Waals surface area contributed by atoms with Crippen molar-refractivity contribution in [2.75, 3.05) is 0 Å². The minimum atomic E-state index is -0.0653. The zero-order valence-electron chi connectivity index (χ0n) is 20.7. The molecule has 0 unspecified atom stereocenters. The Kier molecular flexibility index (Phi) is 9.09. The van der Waals surface area contributed by atoms with Gasteiger partial charge in [-0.1, -0.05) is 96.0 Å². The molecule has 0 radical (unpaired) electrons. The minimum Gasteiger partial charge on any atom is -0.488 e. The topological polar surface area (TPSA) is 41.9 Å². The van der Waals surface area contributed by atoms with E-state index in [0.29, 0.717) is 45.6 Å². The van der Waals surface area contributed by atoms with Crippen molar-refractivity contribution in [2.45, 2.75) is 19.7 Å². The van der Waals surface area contributed by atoms with Gasteiger partial charge < -0.3 is 4.74 Å². The van der Waals surface area contributed by atoms with E-state index in [0.717, 1.165) is 26.7 Å². The fourth-order valence-electron chi connectivity index (χ4n) is 3.94. The van der Waals surface area contributed by atoms with Crippen LogP contribution in [0.25, 0.3) is 6.08 Å². The summed E-state index contributed by atoms with van der Waals surface area (Å²) >= 11 is 17.3. The third-order valence-corrected chi connectivity index (χ3v) is 8.21. The van der Waals surface area contributed by atoms with Crippen LogP contribution in [-0.2, 0) is 24.5 Å². The molecule has 0 atom stereocenters. The number of amides is 1. The number of amidine groups is 1. The van der Waals surface area contributed by atoms with Gasteiger partial charge in [-0.05, 0) is 74.7 Å². The minimum absolute atomic E-state index is 0.0653. The highest BCUT2D eigenvalue weighted by Crippen LogP contribution is 2.35. The first-order valence-electron chi connectivity index (χ1n) is 12.2. The average Bonchev–Trinajstić information content (AvgIpc) is 3.22. The van der Waals surface area contributed by atoms with Crippen LogP contribution in [0.4, 0.5) is 0 Å². The lowest BCUT2D eigenvalue weighted by atomic mass is 10.2. The summed E-state index contributed by atoms with van der Waals surface area (Å²) in [5.74, 6) is 0.605. The summed E-state index contributed by atoms with van der Waals surface area (Å²) in [6.45, 7) is 1.27. The molecular formula is C31H23BrCl2N2O2S. The van der Waals surface area contributed by atoms with E-state index in [4.69, 9.17) is 32.9 Å². The predicted molar refractivity (Wildman–Crippen MR) is 165 cm³/mol. The van der Waals surface area contributed by atoms with Gasteiger partial charge in [0.25, 0.3) is 5.91 Å². The lowest BCUT2D eigenvalue weighted by molar-refractivity contribution is -0.122. The van der Waals surface area contributed by atoms with Gasteiger partial charge in [0.05, 0.1) is 22.5 Å². The van der Waals surface area contributed by atoms with Crippen molar-refractivity contribution in [1.82, 2.24) is 4.90 Å². The van der Waals surface area contributed by atoms with E-state index in [-0.39, 0.29) is 5.91 Å². The zero-order chi connectivity index (χ0) is 27.2. The first-order valence-corrected chi connectivity index (χ1v) is 14.5. The number of hydrogen-bond acceptors (Lipinski definition) is 4. The lowest BCUT2D eigenvalue weighted by Gasteiger charge is -2.15. The Hall–Kier alpha value is -3.03. The van der Waals surface area contributed by atoms with Crippen molar-refractivity contribution in [2.24, 2.45) is 4.99 Å². The van der Waals surface area contributed by atoms with Crippen LogP contribution in [-0.4, -0.2) is 16.0 Å². The summed E-state index contributed by atoms with van der Waals surface area (Å²) in [4.78, 5) is 20.7. The van der Waals surface area contributed by atoms with Gasteiger partial charge in [-0.3, -0.25) is 14.7 Å². The maximum Gasteiger partial charge on any atom is 0.267 e. The zero-order valence-corrected chi connectivity index (χ0v) is 24.6. The number of rotatable bonds is 8. The lowest BCUT2D eigenvalue weighted by Crippen LogP contribution is -2.28. The number of carbonyl (C=O) groups excluding carboxylic acids is 1. The fourth-order valence-corrected chi connectivity index (χ4v) is 5.89. The molecule has 1 fully saturated rings. The van der Waals surface area contributed by atoms with E-state index in [9.17, 15) is 4.79 Å². The Bertz CT molecular complexity index is 1550. The number of aliphatic imine (C=N–C) groups is 1. The third kappa shape index (κ3) is 7.14. The van der Waals surface area contributed by atoms with Crippen molar-refractivity contribution in [3.05, 3.63) is 139 Å². The van der Waals surface area contributed by atoms with Gasteiger partial charge in [0.2, 0.25) is 0 Å². The van der Waals surface area contributed by atoms with Crippen LogP contribution in [0.2, 0.25) is 10.0 Å². The van der Waals surface area contributed by atoms with Crippen LogP contribution in [0.5, 0.6) is 5.75 Å². The number of carbonyl (C=O) groups is 1. The quantitative estimate of drug-likeness (QED) is 0.181. The second-order valence-electron chi connectivity index (χ2n) is 8.79. The Labute approximate surface area is 250 Å². The van der Waals surface area contributed by atoms with E-state index in [2.05, 4.69) is 15.9 Å². The molecule has 1 aliphatic heterocycles. The molecule has 5 rings (SSSR count). The van der Waals surface area contributed by atoms with Crippen molar-refractivity contribution >= 4 is 68.0 Å². The van der Waals surface area contributed by atoms with E-state index < -0.39 is 0 Å². The largest absolute Gasteiger partial charge is 0.488 e. The number of halogens is 3. The highest BCUT2D eigenvalue weighted by atomic mass is 79.9. The molecule has 4 nitrogen and oxygen atoms in total. The SMILES string of the molecule is O=C1/C(=C\c2ccc(OCc3ccc(Cl)cc3Cl)c(Br)c2)SC(=NCc2ccccc2)N1Cc1ccccc1. The molecule has 1 aliphatic rings. The molecule has 0 saturated carbocycles. The summed E-state index contributed by atoms with van der Waals surface area (Å²) in [7, 11) is 0. The standard InChI is InChI=1S/C31H23BrCl2N2O2S/c32-26-15-23(11-14-28(26)38-20-24-12-13-25(33)17-27(24)34)16-29-30(37)36(19-22-9-5-2-6-10-22)31(39-29)35-18-21-7-3-1-4-8-21/h1-17H,18-20H2/b29-16+,35-31?. The molecule has 0 spiro atoms. The third-order valence-electron chi connectivity index (χ3n) is 5.96. The maximum absolute atomic E-state index is 13.5. The van der Waals surface area contributed by atoms with Gasteiger partial charge in [0.15, 0.2) is 5.17 Å². The van der Waals surface area contributed by atoms with Crippen LogP contribution in [0, 0.1) is 0 Å². The highest BCUT2D eigenvalue weighted by molar-refractivity contribution is 9.10. The van der Waals surface area contributed by atoms with Crippen molar-refractivity contribution in [3.63, 3.8) is 0 Å². The Morgan fingerprint density at radius 1 is 0.897 bits per heavy atom. The molecule has 4 aromatic carbocycles. The number of nitrogens with zero attached hydrogens (tertiary/aromatic N) is 2. The normalized spacial score (nSPS) is 15.4. The molecule has 0 aliphatic carbocycles. The smallest absolute Gasteiger partial charge is 0.267 e. The van der Waals surface area contributed by atoms with E-state index in [1.54, 1.807) is 17.0 Å². The van der Waals surface area contributed by atoms with Gasteiger partial charge >= 0.3 is 0 Å². The summed E-state index contributed by atoms with van der Waals surface area (Å²) in [5.41, 5.74) is 3.85. The van der Waals surface area contributed by atoms with E-state index in [1.165, 1.54) is 11.8 Å². The summed E-state index contributed by atoms with van der Waals surface area (Å²) in [5, 5.41) is 1.83. The predicted octanol–water partition coefficient (Wildman–Crippen LogP) is 9.01. The van der Waals surface area contributed by atoms with Crippen LogP contribution in [0.1, 0.15) is 22.3 Å². The summed E-state index contributed by atoms with van der Waals surface area (Å²) < 4.78 is 6.74. The molecule has 1 saturated heterocycles. The molecule has 39 heavy (non-hydrogen) atoms. The number of hydrogen-bond donors (Lipinski definition) is 0. The Morgan fingerprint density at radius 2 is 1.62 bits per heavy atom. The fraction of sp³-hybridized carbons (Fsp3) is 0.0968. The van der Waals surface area contributed by atoms with E-state index >= 15 is 0 Å². The second-order valence-corrected chi connectivity index (χ2v) is 11.5. The van der Waals surface area contributed by atoms with Crippen LogP contribution < -0.4 is 4.74 Å². The monoisotopic (exact) mass is 636 g/mol. The molecule has 1 amide bonds. The Morgan fingerprint density at radius 3 is 2.31 bits per heavy atom. The van der Waals surface area contributed by atoms with Gasteiger partial charge in [-0.25, -0.2) is 0 Å². The van der Waals surface area contributed by atoms with Gasteiger partial charge in [0.1, 0.15) is 12.4 Å². The molecule has 196 valence electrons. The first kappa shape index (κ1) is 27.5. The number of thioether (sulfide) groups is 1. The molecule has 0 N–H and O–H groups in total. The maximum atomic E-state index is 13.5. The number of ether oxygens (including phenoxy) is 1. The van der Waals surface area contributed by atoms with Crippen LogP contribution in [0.3, 0.4) is 0 Å². The second kappa shape index (κ2) is 12.9. The molecule has 4 aromatic rings. The van der Waals surface area contributed by atoms with Gasteiger partial charge in [-0.15, -0.1) is 0 Å². The molecule has 0 bridgehead atoms. The van der Waals surface area contributed by atoms with Gasteiger partial charge in [0, 0.05) is 15.6 Å². The van der Waals surface area contributed by atoms with E-state index in [1.807, 2.05) is 91.0 Å². The van der Waals surface area contributed by atoms with Crippen molar-refractivity contribution in [3.8, 4) is 5.75 Å². The average molecular weight is 638 g/mol. The molecule has 1 heterocycles. The van der Waals surface area contributed by atoms with Crippen molar-refractivity contribution in [1.29, 1.82) is 0 Å². The summed E-state index contributed by atoms with van der Waals surface area (Å²) in [6, 6.07) is 31.0. The molecular weight excluding hydrogens is 615 g/mol. The summed E-state index contributed by atoms with van der Waals surface area (Å²) in [6.07, 6.45) is 1.89. The first-order chi connectivity index (χ1) is 19.0. The molecule has 0 aromatic heterocycles. The molecule has 8 heteroatoms. The van der Waals surface area contributed by atoms with Crippen LogP contribution in [0.15, 0.2) is 111 Å². The van der Waals surface area contributed by atoms with Crippen molar-refractivity contribution < 1.29 is 9.53 Å². The number of benzene rings is 4.